The molecule has 8 heteroatoms. The van der Waals surface area contributed by atoms with E-state index < -0.39 is 11.7 Å². The number of anilines is 1. The number of halogens is 6. The third-order valence-corrected chi connectivity index (χ3v) is 3.76. The zero-order valence-electron chi connectivity index (χ0n) is 9.60. The lowest BCUT2D eigenvalue weighted by Crippen LogP contribution is -2.10. The largest absolute Gasteiger partial charge is 0.417 e. The molecule has 106 valence electrons. The Balaban J connectivity index is 2.76. The highest BCUT2D eigenvalue weighted by atomic mass is 35.5. The number of aromatic nitrogens is 1. The highest BCUT2D eigenvalue weighted by Crippen LogP contribution is 2.42. The monoisotopic (exact) mass is 340 g/mol. The van der Waals surface area contributed by atoms with E-state index in [4.69, 9.17) is 40.5 Å². The fourth-order valence-electron chi connectivity index (χ4n) is 1.72. The molecule has 2 aromatic rings. The molecule has 0 spiro atoms. The van der Waals surface area contributed by atoms with Gasteiger partial charge in [0.2, 0.25) is 0 Å². The Morgan fingerprint density at radius 2 is 1.60 bits per heavy atom. The topological polar surface area (TPSA) is 38.9 Å². The Bertz CT molecular complexity index is 648. The van der Waals surface area contributed by atoms with Crippen LogP contribution in [0.25, 0.3) is 11.1 Å². The molecule has 0 amide bonds. The molecule has 2 rings (SSSR count). The first-order valence-electron chi connectivity index (χ1n) is 5.18. The van der Waals surface area contributed by atoms with Crippen LogP contribution >= 0.6 is 34.8 Å². The number of rotatable bonds is 1. The maximum absolute atomic E-state index is 13.0. The summed E-state index contributed by atoms with van der Waals surface area (Å²) < 4.78 is 39.1. The van der Waals surface area contributed by atoms with Crippen LogP contribution in [0.1, 0.15) is 5.56 Å². The van der Waals surface area contributed by atoms with Crippen molar-refractivity contribution in [2.45, 2.75) is 6.18 Å². The quantitative estimate of drug-likeness (QED) is 0.714. The first kappa shape index (κ1) is 15.2. The minimum absolute atomic E-state index is 0.0329. The van der Waals surface area contributed by atoms with E-state index >= 15 is 0 Å². The second-order valence-corrected chi connectivity index (χ2v) is 5.06. The predicted octanol–water partition coefficient (Wildman–Crippen LogP) is 5.31. The van der Waals surface area contributed by atoms with Crippen molar-refractivity contribution < 1.29 is 13.2 Å². The van der Waals surface area contributed by atoms with E-state index in [-0.39, 0.29) is 32.0 Å². The van der Waals surface area contributed by atoms with E-state index in [2.05, 4.69) is 4.98 Å². The Morgan fingerprint density at radius 3 is 2.10 bits per heavy atom. The van der Waals surface area contributed by atoms with Crippen molar-refractivity contribution in [3.05, 3.63) is 45.0 Å². The van der Waals surface area contributed by atoms with Crippen molar-refractivity contribution in [1.29, 1.82) is 0 Å². The zero-order chi connectivity index (χ0) is 15.1. The van der Waals surface area contributed by atoms with Gasteiger partial charge in [-0.2, -0.15) is 13.2 Å². The smallest absolute Gasteiger partial charge is 0.383 e. The van der Waals surface area contributed by atoms with Crippen LogP contribution in [0.3, 0.4) is 0 Å². The summed E-state index contributed by atoms with van der Waals surface area (Å²) >= 11 is 17.4. The van der Waals surface area contributed by atoms with Gasteiger partial charge in [0.05, 0.1) is 20.6 Å². The van der Waals surface area contributed by atoms with Crippen molar-refractivity contribution in [2.75, 3.05) is 5.73 Å². The molecule has 1 aromatic heterocycles. The molecule has 0 aliphatic heterocycles. The summed E-state index contributed by atoms with van der Waals surface area (Å²) in [4.78, 5) is 3.67. The van der Waals surface area contributed by atoms with Gasteiger partial charge in [0, 0.05) is 11.8 Å². The Kier molecular flexibility index (Phi) is 4.04. The highest BCUT2D eigenvalue weighted by Gasteiger charge is 2.35. The Labute approximate surface area is 127 Å². The number of pyridine rings is 1. The van der Waals surface area contributed by atoms with Crippen molar-refractivity contribution in [3.8, 4) is 11.1 Å². The normalized spacial score (nSPS) is 11.7. The number of benzene rings is 1. The molecule has 0 aliphatic rings. The third-order valence-electron chi connectivity index (χ3n) is 2.56. The highest BCUT2D eigenvalue weighted by molar-refractivity contribution is 6.48. The molecule has 2 N–H and O–H groups in total. The summed E-state index contributed by atoms with van der Waals surface area (Å²) in [5, 5.41) is 0.129. The lowest BCUT2D eigenvalue weighted by molar-refractivity contribution is -0.137. The molecule has 0 bridgehead atoms. The molecule has 1 heterocycles. The van der Waals surface area contributed by atoms with E-state index in [9.17, 15) is 13.2 Å². The second-order valence-electron chi connectivity index (χ2n) is 3.87. The summed E-state index contributed by atoms with van der Waals surface area (Å²) in [6.07, 6.45) is -3.59. The second kappa shape index (κ2) is 5.31. The molecular formula is C12H6Cl3F3N2. The van der Waals surface area contributed by atoms with Crippen LogP contribution in [-0.4, -0.2) is 4.98 Å². The lowest BCUT2D eigenvalue weighted by Gasteiger charge is -2.15. The number of hydrogen-bond donors (Lipinski definition) is 1. The predicted molar refractivity (Wildman–Crippen MR) is 74.1 cm³/mol. The van der Waals surface area contributed by atoms with Gasteiger partial charge in [-0.05, 0) is 23.8 Å². The van der Waals surface area contributed by atoms with Crippen LogP contribution in [0.4, 0.5) is 19.0 Å². The van der Waals surface area contributed by atoms with Gasteiger partial charge in [-0.15, -0.1) is 0 Å². The first-order valence-corrected chi connectivity index (χ1v) is 6.31. The van der Waals surface area contributed by atoms with Crippen molar-refractivity contribution in [3.63, 3.8) is 0 Å². The molecule has 0 aliphatic carbocycles. The average molecular weight is 342 g/mol. The first-order chi connectivity index (χ1) is 9.21. The van der Waals surface area contributed by atoms with Gasteiger partial charge in [0.25, 0.3) is 0 Å². The number of nitrogens with two attached hydrogens (primary N) is 1. The van der Waals surface area contributed by atoms with Crippen molar-refractivity contribution in [1.82, 2.24) is 4.98 Å². The fraction of sp³-hybridized carbons (Fsp3) is 0.0833. The molecule has 0 saturated heterocycles. The Hall–Kier alpha value is -1.17. The summed E-state index contributed by atoms with van der Waals surface area (Å²) in [5.74, 6) is -0.269. The van der Waals surface area contributed by atoms with Crippen LogP contribution in [0.5, 0.6) is 0 Å². The molecule has 0 fully saturated rings. The molecule has 0 unspecified atom stereocenters. The van der Waals surface area contributed by atoms with Gasteiger partial charge in [-0.25, -0.2) is 4.98 Å². The van der Waals surface area contributed by atoms with Crippen LogP contribution < -0.4 is 5.73 Å². The number of nitrogens with zero attached hydrogens (tertiary/aromatic N) is 1. The Morgan fingerprint density at radius 1 is 1.05 bits per heavy atom. The average Bonchev–Trinajstić information content (AvgIpc) is 2.34. The number of alkyl halides is 3. The molecule has 1 aromatic carbocycles. The summed E-state index contributed by atoms with van der Waals surface area (Å²) in [6, 6.07) is 3.36. The fourth-order valence-corrected chi connectivity index (χ4v) is 2.31. The van der Waals surface area contributed by atoms with Crippen LogP contribution in [0.2, 0.25) is 15.1 Å². The van der Waals surface area contributed by atoms with Crippen molar-refractivity contribution >= 4 is 40.6 Å². The van der Waals surface area contributed by atoms with Crippen molar-refractivity contribution in [2.24, 2.45) is 0 Å². The van der Waals surface area contributed by atoms with Gasteiger partial charge in [0.15, 0.2) is 0 Å². The third kappa shape index (κ3) is 2.80. The number of nitrogen functional groups attached to an aromatic ring is 1. The summed E-state index contributed by atoms with van der Waals surface area (Å²) in [7, 11) is 0. The summed E-state index contributed by atoms with van der Waals surface area (Å²) in [5.41, 5.74) is 4.46. The molecule has 20 heavy (non-hydrogen) atoms. The summed E-state index contributed by atoms with van der Waals surface area (Å²) in [6.45, 7) is 0. The molecular weight excluding hydrogens is 335 g/mol. The SMILES string of the molecule is Nc1nccc(C(F)(F)F)c1-c1cc(Cl)c(Cl)c(Cl)c1. The molecule has 2 nitrogen and oxygen atoms in total. The van der Waals surface area contributed by atoms with E-state index in [0.717, 1.165) is 12.3 Å². The van der Waals surface area contributed by atoms with Crippen LogP contribution in [0.15, 0.2) is 24.4 Å². The minimum Gasteiger partial charge on any atom is -0.383 e. The molecule has 0 radical (unpaired) electrons. The maximum atomic E-state index is 13.0. The van der Waals surface area contributed by atoms with Gasteiger partial charge in [-0.1, -0.05) is 34.8 Å². The van der Waals surface area contributed by atoms with Gasteiger partial charge < -0.3 is 5.73 Å². The zero-order valence-corrected chi connectivity index (χ0v) is 11.9. The van der Waals surface area contributed by atoms with Gasteiger partial charge >= 0.3 is 6.18 Å². The van der Waals surface area contributed by atoms with Gasteiger partial charge in [0.1, 0.15) is 5.82 Å². The van der Waals surface area contributed by atoms with Crippen LogP contribution in [0, 0.1) is 0 Å². The van der Waals surface area contributed by atoms with E-state index in [0.29, 0.717) is 0 Å². The number of hydrogen-bond acceptors (Lipinski definition) is 2. The van der Waals surface area contributed by atoms with Crippen LogP contribution in [-0.2, 0) is 6.18 Å². The minimum atomic E-state index is -4.58. The maximum Gasteiger partial charge on any atom is 0.417 e. The molecule has 0 atom stereocenters. The molecule has 0 saturated carbocycles. The van der Waals surface area contributed by atoms with Gasteiger partial charge in [-0.3, -0.25) is 0 Å². The standard InChI is InChI=1S/C12H6Cl3F3N2/c13-7-3-5(4-8(14)10(7)15)9-6(12(16,17)18)1-2-20-11(9)19/h1-4H,(H2,19,20). The van der Waals surface area contributed by atoms with E-state index in [1.165, 1.54) is 12.1 Å². The lowest BCUT2D eigenvalue weighted by atomic mass is 10.0. The van der Waals surface area contributed by atoms with E-state index in [1.54, 1.807) is 0 Å². The van der Waals surface area contributed by atoms with E-state index in [1.807, 2.05) is 0 Å².